The van der Waals surface area contributed by atoms with Crippen molar-refractivity contribution in [3.05, 3.63) is 53.6 Å². The second kappa shape index (κ2) is 3.70. The molecule has 0 radical (unpaired) electrons. The zero-order valence-electron chi connectivity index (χ0n) is 9.39. The Labute approximate surface area is 99.4 Å². The van der Waals surface area contributed by atoms with Crippen LogP contribution in [0.15, 0.2) is 31.1 Å². The predicted molar refractivity (Wildman–Crippen MR) is 66.5 cm³/mol. The summed E-state index contributed by atoms with van der Waals surface area (Å²) in [5.74, 6) is 0. The highest BCUT2D eigenvalue weighted by atomic mass is 16.1. The lowest BCUT2D eigenvalue weighted by atomic mass is 9.96. The van der Waals surface area contributed by atoms with Gasteiger partial charge in [0.05, 0.1) is 11.4 Å². The maximum absolute atomic E-state index is 10.9. The van der Waals surface area contributed by atoms with E-state index in [0.29, 0.717) is 5.69 Å². The third kappa shape index (κ3) is 1.35. The average Bonchev–Trinajstić information content (AvgIpc) is 2.81. The highest BCUT2D eigenvalue weighted by Gasteiger charge is 2.20. The number of imidazole rings is 1. The highest BCUT2D eigenvalue weighted by molar-refractivity contribution is 5.75. The van der Waals surface area contributed by atoms with E-state index in [9.17, 15) is 4.79 Å². The third-order valence-electron chi connectivity index (χ3n) is 3.29. The molecule has 3 rings (SSSR count). The Balaban J connectivity index is 2.27. The Hall–Kier alpha value is -2.16. The molecule has 0 saturated heterocycles. The maximum atomic E-state index is 10.9. The van der Waals surface area contributed by atoms with E-state index in [1.165, 1.54) is 5.56 Å². The van der Waals surface area contributed by atoms with E-state index in [2.05, 4.69) is 23.7 Å². The van der Waals surface area contributed by atoms with E-state index >= 15 is 0 Å². The first kappa shape index (κ1) is 10.0. The van der Waals surface area contributed by atoms with E-state index in [1.54, 1.807) is 6.33 Å². The van der Waals surface area contributed by atoms with E-state index in [1.807, 2.05) is 16.7 Å². The smallest absolute Gasteiger partial charge is 0.170 e. The number of hydrogen-bond donors (Lipinski definition) is 0. The Bertz CT molecular complexity index is 611. The number of hydrogen-bond acceptors (Lipinski definition) is 2. The van der Waals surface area contributed by atoms with Crippen molar-refractivity contribution >= 4 is 12.4 Å². The molecule has 3 nitrogen and oxygen atoms in total. The molecule has 0 aliphatic carbocycles. The summed E-state index contributed by atoms with van der Waals surface area (Å²) >= 11 is 0. The molecule has 0 fully saturated rings. The molecule has 2 heterocycles. The third-order valence-corrected chi connectivity index (χ3v) is 3.29. The van der Waals surface area contributed by atoms with Gasteiger partial charge in [-0.2, -0.15) is 0 Å². The van der Waals surface area contributed by atoms with E-state index < -0.39 is 0 Å². The Kier molecular flexibility index (Phi) is 2.18. The Morgan fingerprint density at radius 2 is 2.24 bits per heavy atom. The van der Waals surface area contributed by atoms with Crippen LogP contribution < -0.4 is 0 Å². The molecule has 0 saturated carbocycles. The number of benzene rings is 1. The molecule has 0 atom stereocenters. The molecule has 0 amide bonds. The van der Waals surface area contributed by atoms with Gasteiger partial charge in [0.25, 0.3) is 0 Å². The molecular weight excluding hydrogens is 212 g/mol. The van der Waals surface area contributed by atoms with Gasteiger partial charge in [-0.3, -0.25) is 4.79 Å². The van der Waals surface area contributed by atoms with Crippen molar-refractivity contribution in [3.63, 3.8) is 0 Å². The van der Waals surface area contributed by atoms with Gasteiger partial charge < -0.3 is 4.57 Å². The first-order valence-corrected chi connectivity index (χ1v) is 5.61. The van der Waals surface area contributed by atoms with Gasteiger partial charge in [-0.05, 0) is 30.0 Å². The number of aromatic nitrogens is 2. The number of carbonyl (C=O) groups is 1. The van der Waals surface area contributed by atoms with Crippen LogP contribution in [-0.2, 0) is 12.8 Å². The molecule has 0 spiro atoms. The van der Waals surface area contributed by atoms with Gasteiger partial charge in [0.2, 0.25) is 0 Å². The molecule has 0 unspecified atom stereocenters. The molecule has 1 aromatic heterocycles. The monoisotopic (exact) mass is 224 g/mol. The fourth-order valence-corrected chi connectivity index (χ4v) is 2.47. The summed E-state index contributed by atoms with van der Waals surface area (Å²) in [6.07, 6.45) is 6.22. The summed E-state index contributed by atoms with van der Waals surface area (Å²) in [7, 11) is 0. The van der Waals surface area contributed by atoms with E-state index in [4.69, 9.17) is 0 Å². The van der Waals surface area contributed by atoms with Gasteiger partial charge in [-0.25, -0.2) is 4.98 Å². The second-order valence-corrected chi connectivity index (χ2v) is 4.11. The molecule has 0 bridgehead atoms. The van der Waals surface area contributed by atoms with Gasteiger partial charge in [0.1, 0.15) is 12.0 Å². The zero-order valence-corrected chi connectivity index (χ0v) is 9.39. The average molecular weight is 224 g/mol. The first-order chi connectivity index (χ1) is 8.35. The van der Waals surface area contributed by atoms with Gasteiger partial charge >= 0.3 is 0 Å². The fraction of sp³-hybridized carbons (Fsp3) is 0.143. The van der Waals surface area contributed by atoms with Crippen molar-refractivity contribution < 1.29 is 4.79 Å². The number of fused-ring (bicyclic) bond motifs is 3. The van der Waals surface area contributed by atoms with Crippen LogP contribution in [0, 0.1) is 0 Å². The van der Waals surface area contributed by atoms with Crippen molar-refractivity contribution in [1.82, 2.24) is 9.55 Å². The van der Waals surface area contributed by atoms with Crippen LogP contribution in [0.3, 0.4) is 0 Å². The summed E-state index contributed by atoms with van der Waals surface area (Å²) in [5, 5.41) is 0. The lowest BCUT2D eigenvalue weighted by Crippen LogP contribution is -2.13. The predicted octanol–water partition coefficient (Wildman–Crippen LogP) is 2.43. The molecule has 1 aliphatic rings. The van der Waals surface area contributed by atoms with Gasteiger partial charge in [0, 0.05) is 0 Å². The van der Waals surface area contributed by atoms with Crippen LogP contribution in [-0.4, -0.2) is 15.8 Å². The minimum absolute atomic E-state index is 0.555. The summed E-state index contributed by atoms with van der Waals surface area (Å²) in [5.41, 5.74) is 5.12. The summed E-state index contributed by atoms with van der Waals surface area (Å²) in [6, 6.07) is 6.13. The molecule has 1 aromatic carbocycles. The molecular formula is C14H12N2O. The minimum atomic E-state index is 0.555. The topological polar surface area (TPSA) is 34.9 Å². The van der Waals surface area contributed by atoms with E-state index in [-0.39, 0.29) is 0 Å². The SMILES string of the molecule is C=Cc1cccc2c1CCc1c(C=O)ncn1-2. The van der Waals surface area contributed by atoms with Crippen molar-refractivity contribution in [3.8, 4) is 5.69 Å². The molecule has 0 N–H and O–H groups in total. The van der Waals surface area contributed by atoms with Crippen molar-refractivity contribution in [2.45, 2.75) is 12.8 Å². The van der Waals surface area contributed by atoms with Crippen LogP contribution in [0.1, 0.15) is 27.3 Å². The Morgan fingerprint density at radius 3 is 3.00 bits per heavy atom. The molecule has 1 aliphatic heterocycles. The van der Waals surface area contributed by atoms with Crippen LogP contribution >= 0.6 is 0 Å². The normalized spacial score (nSPS) is 12.7. The van der Waals surface area contributed by atoms with Crippen LogP contribution in [0.5, 0.6) is 0 Å². The Morgan fingerprint density at radius 1 is 1.35 bits per heavy atom. The van der Waals surface area contributed by atoms with Crippen LogP contribution in [0.25, 0.3) is 11.8 Å². The van der Waals surface area contributed by atoms with E-state index in [0.717, 1.165) is 36.1 Å². The summed E-state index contributed by atoms with van der Waals surface area (Å²) in [6.45, 7) is 3.84. The van der Waals surface area contributed by atoms with Gasteiger partial charge in [-0.1, -0.05) is 24.8 Å². The number of aldehydes is 1. The highest BCUT2D eigenvalue weighted by Crippen LogP contribution is 2.28. The largest absolute Gasteiger partial charge is 0.302 e. The summed E-state index contributed by atoms with van der Waals surface area (Å²) in [4.78, 5) is 15.0. The quantitative estimate of drug-likeness (QED) is 0.734. The zero-order chi connectivity index (χ0) is 11.8. The number of nitrogens with zero attached hydrogens (tertiary/aromatic N) is 2. The minimum Gasteiger partial charge on any atom is -0.302 e. The van der Waals surface area contributed by atoms with Crippen molar-refractivity contribution in [2.24, 2.45) is 0 Å². The molecule has 2 aromatic rings. The molecule has 17 heavy (non-hydrogen) atoms. The first-order valence-electron chi connectivity index (χ1n) is 5.61. The maximum Gasteiger partial charge on any atom is 0.170 e. The van der Waals surface area contributed by atoms with Gasteiger partial charge in [0.15, 0.2) is 6.29 Å². The van der Waals surface area contributed by atoms with Crippen LogP contribution in [0.2, 0.25) is 0 Å². The van der Waals surface area contributed by atoms with Crippen LogP contribution in [0.4, 0.5) is 0 Å². The summed E-state index contributed by atoms with van der Waals surface area (Å²) < 4.78 is 2.01. The van der Waals surface area contributed by atoms with Crippen molar-refractivity contribution in [2.75, 3.05) is 0 Å². The molecule has 84 valence electrons. The van der Waals surface area contributed by atoms with Gasteiger partial charge in [-0.15, -0.1) is 0 Å². The lowest BCUT2D eigenvalue weighted by molar-refractivity contribution is 0.111. The standard InChI is InChI=1S/C14H12N2O/c1-2-10-4-3-5-13-11(10)6-7-14-12(8-17)15-9-16(13)14/h2-5,8-9H,1,6-7H2. The fourth-order valence-electron chi connectivity index (χ4n) is 2.47. The lowest BCUT2D eigenvalue weighted by Gasteiger charge is -2.20. The molecule has 3 heteroatoms. The second-order valence-electron chi connectivity index (χ2n) is 4.11. The number of carbonyl (C=O) groups excluding carboxylic acids is 1. The number of rotatable bonds is 2. The van der Waals surface area contributed by atoms with Crippen molar-refractivity contribution in [1.29, 1.82) is 0 Å².